The lowest BCUT2D eigenvalue weighted by atomic mass is 9.98. The van der Waals surface area contributed by atoms with Crippen LogP contribution in [0.5, 0.6) is 0 Å². The number of benzene rings is 3. The van der Waals surface area contributed by atoms with Gasteiger partial charge in [0.25, 0.3) is 5.91 Å². The summed E-state index contributed by atoms with van der Waals surface area (Å²) in [6.45, 7) is 3.75. The second-order valence-corrected chi connectivity index (χ2v) is 8.75. The first-order valence-electron chi connectivity index (χ1n) is 11.0. The molecule has 2 amide bonds. The fourth-order valence-corrected chi connectivity index (χ4v) is 4.33. The third-order valence-electron chi connectivity index (χ3n) is 5.96. The highest BCUT2D eigenvalue weighted by Gasteiger charge is 2.23. The average Bonchev–Trinajstić information content (AvgIpc) is 2.79. The summed E-state index contributed by atoms with van der Waals surface area (Å²) in [7, 11) is 0. The molecule has 32 heavy (non-hydrogen) atoms. The molecule has 4 rings (SSSR count). The largest absolute Gasteiger partial charge is 0.339 e. The summed E-state index contributed by atoms with van der Waals surface area (Å²) < 4.78 is 0. The van der Waals surface area contributed by atoms with Gasteiger partial charge in [-0.15, -0.1) is 0 Å². The zero-order valence-corrected chi connectivity index (χ0v) is 19.0. The van der Waals surface area contributed by atoms with Gasteiger partial charge in [0.2, 0.25) is 5.91 Å². The maximum atomic E-state index is 13.1. The Morgan fingerprint density at radius 2 is 1.66 bits per heavy atom. The summed E-state index contributed by atoms with van der Waals surface area (Å²) in [5, 5.41) is 8.12. The van der Waals surface area contributed by atoms with E-state index in [-0.39, 0.29) is 23.3 Å². The predicted octanol–water partition coefficient (Wildman–Crippen LogP) is 4.77. The van der Waals surface area contributed by atoms with E-state index < -0.39 is 0 Å². The van der Waals surface area contributed by atoms with Crippen LogP contribution in [0, 0.1) is 5.92 Å². The van der Waals surface area contributed by atoms with Gasteiger partial charge < -0.3 is 15.5 Å². The number of rotatable bonds is 4. The number of amides is 2. The number of fused-ring (bicyclic) bond motifs is 1. The normalized spacial score (nSPS) is 14.2. The molecule has 0 spiro atoms. The molecule has 0 unspecified atom stereocenters. The number of carbonyl (C=O) groups excluding carboxylic acids is 2. The summed E-state index contributed by atoms with van der Waals surface area (Å²) in [4.78, 5) is 27.6. The zero-order chi connectivity index (χ0) is 22.5. The molecule has 1 aliphatic rings. The minimum atomic E-state index is -0.201. The smallest absolute Gasteiger partial charge is 0.255 e. The second kappa shape index (κ2) is 9.92. The molecule has 0 atom stereocenters. The fraction of sp³-hybridized carbons (Fsp3) is 0.269. The summed E-state index contributed by atoms with van der Waals surface area (Å²) >= 11 is 5.37. The Hall–Kier alpha value is -3.25. The first kappa shape index (κ1) is 22.0. The molecule has 0 aliphatic carbocycles. The van der Waals surface area contributed by atoms with E-state index in [1.165, 1.54) is 0 Å². The third kappa shape index (κ3) is 5.14. The summed E-state index contributed by atoms with van der Waals surface area (Å²) in [5.74, 6) is 0.439. The highest BCUT2D eigenvalue weighted by Crippen LogP contribution is 2.22. The zero-order valence-electron chi connectivity index (χ0n) is 18.1. The van der Waals surface area contributed by atoms with Crippen LogP contribution < -0.4 is 10.6 Å². The van der Waals surface area contributed by atoms with Crippen LogP contribution in [0.4, 0.5) is 5.69 Å². The van der Waals surface area contributed by atoms with Crippen LogP contribution in [0.3, 0.4) is 0 Å². The van der Waals surface area contributed by atoms with Crippen molar-refractivity contribution in [3.05, 3.63) is 77.9 Å². The van der Waals surface area contributed by atoms with E-state index in [1.54, 1.807) is 6.07 Å². The molecule has 0 radical (unpaired) electrons. The molecule has 3 aromatic rings. The van der Waals surface area contributed by atoms with E-state index in [1.807, 2.05) is 65.6 Å². The Morgan fingerprint density at radius 3 is 2.47 bits per heavy atom. The van der Waals surface area contributed by atoms with Crippen molar-refractivity contribution in [1.29, 1.82) is 0 Å². The number of piperidine rings is 1. The van der Waals surface area contributed by atoms with Gasteiger partial charge >= 0.3 is 0 Å². The number of para-hydroxylation sites is 1. The lowest BCUT2D eigenvalue weighted by Crippen LogP contribution is -2.39. The fourth-order valence-electron chi connectivity index (χ4n) is 4.10. The van der Waals surface area contributed by atoms with Gasteiger partial charge in [0.15, 0.2) is 5.11 Å². The molecular formula is C26H27N3O2S. The van der Waals surface area contributed by atoms with Crippen molar-refractivity contribution in [2.45, 2.75) is 26.2 Å². The molecule has 2 N–H and O–H groups in total. The van der Waals surface area contributed by atoms with Gasteiger partial charge in [-0.3, -0.25) is 9.59 Å². The van der Waals surface area contributed by atoms with Crippen LogP contribution in [0.25, 0.3) is 10.8 Å². The van der Waals surface area contributed by atoms with Crippen molar-refractivity contribution >= 4 is 45.6 Å². The number of nitrogens with zero attached hydrogens (tertiary/aromatic N) is 1. The van der Waals surface area contributed by atoms with Gasteiger partial charge in [-0.1, -0.05) is 61.5 Å². The average molecular weight is 446 g/mol. The number of hydrogen-bond donors (Lipinski definition) is 2. The van der Waals surface area contributed by atoms with Crippen molar-refractivity contribution in [3.63, 3.8) is 0 Å². The third-order valence-corrected chi connectivity index (χ3v) is 6.16. The molecule has 0 bridgehead atoms. The van der Waals surface area contributed by atoms with Gasteiger partial charge in [-0.2, -0.15) is 0 Å². The molecule has 3 aromatic carbocycles. The van der Waals surface area contributed by atoms with Gasteiger partial charge in [0.05, 0.1) is 17.7 Å². The Labute approximate surface area is 193 Å². The summed E-state index contributed by atoms with van der Waals surface area (Å²) in [5.41, 5.74) is 2.11. The Bertz CT molecular complexity index is 1150. The quantitative estimate of drug-likeness (QED) is 0.568. The SMILES string of the molecule is CC1CCN(C(=O)c2ccccc2NC(=S)NC(=O)Cc2cccc3ccccc23)CC1. The van der Waals surface area contributed by atoms with Crippen molar-refractivity contribution in [2.75, 3.05) is 18.4 Å². The first-order chi connectivity index (χ1) is 15.5. The molecule has 6 heteroatoms. The van der Waals surface area contributed by atoms with E-state index in [2.05, 4.69) is 17.6 Å². The number of anilines is 1. The van der Waals surface area contributed by atoms with Crippen molar-refractivity contribution in [2.24, 2.45) is 5.92 Å². The van der Waals surface area contributed by atoms with Gasteiger partial charge in [0, 0.05) is 13.1 Å². The second-order valence-electron chi connectivity index (χ2n) is 8.34. The van der Waals surface area contributed by atoms with Crippen molar-refractivity contribution in [1.82, 2.24) is 10.2 Å². The molecule has 5 nitrogen and oxygen atoms in total. The standard InChI is InChI=1S/C26H27N3O2S/c1-18-13-15-29(16-14-18)25(31)22-11-4-5-12-23(22)27-26(32)28-24(30)17-20-9-6-8-19-7-2-3-10-21(19)20/h2-12,18H,13-17H2,1H3,(H2,27,28,30,32). The number of hydrogen-bond acceptors (Lipinski definition) is 3. The van der Waals surface area contributed by atoms with Crippen LogP contribution in [-0.2, 0) is 11.2 Å². The van der Waals surface area contributed by atoms with E-state index in [4.69, 9.17) is 12.2 Å². The molecule has 1 saturated heterocycles. The van der Waals surface area contributed by atoms with Crippen molar-refractivity contribution < 1.29 is 9.59 Å². The maximum absolute atomic E-state index is 13.1. The number of nitrogens with one attached hydrogen (secondary N) is 2. The van der Waals surface area contributed by atoms with E-state index in [9.17, 15) is 9.59 Å². The lowest BCUT2D eigenvalue weighted by Gasteiger charge is -2.31. The van der Waals surface area contributed by atoms with E-state index >= 15 is 0 Å². The number of carbonyl (C=O) groups is 2. The highest BCUT2D eigenvalue weighted by molar-refractivity contribution is 7.80. The van der Waals surface area contributed by atoms with Crippen LogP contribution in [0.15, 0.2) is 66.7 Å². The first-order valence-corrected chi connectivity index (χ1v) is 11.4. The molecular weight excluding hydrogens is 418 g/mol. The molecule has 0 saturated carbocycles. The van der Waals surface area contributed by atoms with Gasteiger partial charge in [-0.05, 0) is 59.4 Å². The predicted molar refractivity (Wildman–Crippen MR) is 133 cm³/mol. The number of likely N-dealkylation sites (tertiary alicyclic amines) is 1. The molecule has 0 aromatic heterocycles. The summed E-state index contributed by atoms with van der Waals surface area (Å²) in [6, 6.07) is 21.2. The van der Waals surface area contributed by atoms with Crippen LogP contribution in [0.2, 0.25) is 0 Å². The van der Waals surface area contributed by atoms with Crippen LogP contribution in [-0.4, -0.2) is 34.9 Å². The molecule has 1 heterocycles. The Balaban J connectivity index is 1.41. The minimum Gasteiger partial charge on any atom is -0.339 e. The van der Waals surface area contributed by atoms with Gasteiger partial charge in [-0.25, -0.2) is 0 Å². The Kier molecular flexibility index (Phi) is 6.81. The monoisotopic (exact) mass is 445 g/mol. The Morgan fingerprint density at radius 1 is 0.969 bits per heavy atom. The van der Waals surface area contributed by atoms with Gasteiger partial charge in [0.1, 0.15) is 0 Å². The van der Waals surface area contributed by atoms with Crippen LogP contribution in [0.1, 0.15) is 35.7 Å². The van der Waals surface area contributed by atoms with Crippen molar-refractivity contribution in [3.8, 4) is 0 Å². The topological polar surface area (TPSA) is 61.4 Å². The van der Waals surface area contributed by atoms with E-state index in [0.29, 0.717) is 17.2 Å². The van der Waals surface area contributed by atoms with E-state index in [0.717, 1.165) is 42.3 Å². The molecule has 1 fully saturated rings. The summed E-state index contributed by atoms with van der Waals surface area (Å²) in [6.07, 6.45) is 2.25. The van der Waals surface area contributed by atoms with Crippen LogP contribution >= 0.6 is 12.2 Å². The minimum absolute atomic E-state index is 0.00937. The molecule has 164 valence electrons. The lowest BCUT2D eigenvalue weighted by molar-refractivity contribution is -0.119. The maximum Gasteiger partial charge on any atom is 0.255 e. The number of thiocarbonyl (C=S) groups is 1. The molecule has 1 aliphatic heterocycles. The highest BCUT2D eigenvalue weighted by atomic mass is 32.1.